The second-order valence-corrected chi connectivity index (χ2v) is 6.49. The molecule has 6 nitrogen and oxygen atoms in total. The molecule has 0 atom stereocenters. The number of nitriles is 1. The van der Waals surface area contributed by atoms with Crippen LogP contribution in [0.1, 0.15) is 30.0 Å². The van der Waals surface area contributed by atoms with Crippen LogP contribution in [0, 0.1) is 11.3 Å². The molecule has 0 N–H and O–H groups in total. The Morgan fingerprint density at radius 3 is 2.35 bits per heavy atom. The van der Waals surface area contributed by atoms with Gasteiger partial charge in [0.2, 0.25) is 0 Å². The van der Waals surface area contributed by atoms with Gasteiger partial charge in [0.05, 0.1) is 0 Å². The Hall–Kier alpha value is -3.07. The molecule has 26 heavy (non-hydrogen) atoms. The molecular formula is C20H22N4O2. The summed E-state index contributed by atoms with van der Waals surface area (Å²) in [5.74, 6) is 0.400. The molecule has 2 aromatic rings. The van der Waals surface area contributed by atoms with E-state index in [2.05, 4.69) is 37.3 Å². The zero-order valence-electron chi connectivity index (χ0n) is 15.3. The van der Waals surface area contributed by atoms with Crippen LogP contribution in [-0.2, 0) is 20.5 Å². The van der Waals surface area contributed by atoms with E-state index in [1.54, 1.807) is 7.05 Å². The zero-order chi connectivity index (χ0) is 18.8. The summed E-state index contributed by atoms with van der Waals surface area (Å²) in [4.78, 5) is 26.4. The van der Waals surface area contributed by atoms with Gasteiger partial charge < -0.3 is 4.90 Å². The van der Waals surface area contributed by atoms with Crippen LogP contribution in [-0.4, -0.2) is 22.2 Å². The van der Waals surface area contributed by atoms with E-state index in [4.69, 9.17) is 0 Å². The van der Waals surface area contributed by atoms with Gasteiger partial charge in [-0.05, 0) is 29.5 Å². The molecule has 1 aliphatic heterocycles. The Kier molecular flexibility index (Phi) is 4.81. The van der Waals surface area contributed by atoms with Crippen molar-refractivity contribution in [2.24, 2.45) is 14.1 Å². The average molecular weight is 350 g/mol. The minimum absolute atomic E-state index is 0.0127. The highest BCUT2D eigenvalue weighted by Crippen LogP contribution is 2.26. The molecule has 0 aliphatic carbocycles. The van der Waals surface area contributed by atoms with Crippen LogP contribution < -0.4 is 16.1 Å². The van der Waals surface area contributed by atoms with Crippen LogP contribution >= 0.6 is 0 Å². The minimum Gasteiger partial charge on any atom is -0.353 e. The molecular weight excluding hydrogens is 328 g/mol. The summed E-state index contributed by atoms with van der Waals surface area (Å²) in [5, 5.41) is 9.43. The van der Waals surface area contributed by atoms with Crippen LogP contribution in [0.25, 0.3) is 5.57 Å². The lowest BCUT2D eigenvalue weighted by molar-refractivity contribution is 0.659. The fraction of sp³-hybridized carbons (Fsp3) is 0.350. The third-order valence-electron chi connectivity index (χ3n) is 4.99. The van der Waals surface area contributed by atoms with Gasteiger partial charge in [-0.25, -0.2) is 4.79 Å². The summed E-state index contributed by atoms with van der Waals surface area (Å²) in [6.45, 7) is 3.34. The second kappa shape index (κ2) is 7.04. The van der Waals surface area contributed by atoms with Crippen molar-refractivity contribution in [2.75, 3.05) is 18.0 Å². The first kappa shape index (κ1) is 17.7. The van der Waals surface area contributed by atoms with Gasteiger partial charge in [0, 0.05) is 27.2 Å². The molecule has 1 aromatic heterocycles. The Morgan fingerprint density at radius 2 is 1.81 bits per heavy atom. The van der Waals surface area contributed by atoms with Crippen LogP contribution in [0.15, 0.2) is 39.9 Å². The molecule has 1 aliphatic rings. The molecule has 0 spiro atoms. The van der Waals surface area contributed by atoms with Crippen LogP contribution in [0.5, 0.6) is 0 Å². The van der Waals surface area contributed by atoms with Gasteiger partial charge in [-0.2, -0.15) is 5.26 Å². The van der Waals surface area contributed by atoms with E-state index in [1.807, 2.05) is 11.0 Å². The van der Waals surface area contributed by atoms with Gasteiger partial charge in [0.15, 0.2) is 5.56 Å². The maximum Gasteiger partial charge on any atom is 0.332 e. The number of anilines is 1. The molecule has 3 rings (SSSR count). The van der Waals surface area contributed by atoms with Crippen molar-refractivity contribution in [2.45, 2.75) is 19.8 Å². The third-order valence-corrected chi connectivity index (χ3v) is 4.99. The molecule has 2 heterocycles. The van der Waals surface area contributed by atoms with Gasteiger partial charge in [-0.15, -0.1) is 0 Å². The van der Waals surface area contributed by atoms with Crippen molar-refractivity contribution in [1.82, 2.24) is 9.13 Å². The van der Waals surface area contributed by atoms with Crippen LogP contribution in [0.2, 0.25) is 0 Å². The molecule has 134 valence electrons. The monoisotopic (exact) mass is 350 g/mol. The number of aryl methyl sites for hydroxylation is 1. The average Bonchev–Trinajstić information content (AvgIpc) is 2.69. The second-order valence-electron chi connectivity index (χ2n) is 6.49. The summed E-state index contributed by atoms with van der Waals surface area (Å²) >= 11 is 0. The van der Waals surface area contributed by atoms with E-state index < -0.39 is 11.2 Å². The lowest BCUT2D eigenvalue weighted by Crippen LogP contribution is -2.43. The number of hydrogen-bond donors (Lipinski definition) is 0. The zero-order valence-corrected chi connectivity index (χ0v) is 15.3. The van der Waals surface area contributed by atoms with Crippen molar-refractivity contribution >= 4 is 11.4 Å². The minimum atomic E-state index is -0.546. The Bertz CT molecular complexity index is 1020. The Labute approximate surface area is 152 Å². The van der Waals surface area contributed by atoms with Gasteiger partial charge in [-0.3, -0.25) is 13.9 Å². The first-order valence-electron chi connectivity index (χ1n) is 8.71. The van der Waals surface area contributed by atoms with Crippen molar-refractivity contribution in [3.63, 3.8) is 0 Å². The topological polar surface area (TPSA) is 71.0 Å². The quantitative estimate of drug-likeness (QED) is 0.846. The highest BCUT2D eigenvalue weighted by atomic mass is 16.2. The summed E-state index contributed by atoms with van der Waals surface area (Å²) in [7, 11) is 2.99. The highest BCUT2D eigenvalue weighted by molar-refractivity contribution is 5.69. The van der Waals surface area contributed by atoms with Crippen LogP contribution in [0.4, 0.5) is 5.82 Å². The van der Waals surface area contributed by atoms with Gasteiger partial charge >= 0.3 is 5.69 Å². The fourth-order valence-electron chi connectivity index (χ4n) is 3.38. The molecule has 0 amide bonds. The predicted molar refractivity (Wildman–Crippen MR) is 102 cm³/mol. The van der Waals surface area contributed by atoms with Crippen LogP contribution in [0.3, 0.4) is 0 Å². The smallest absolute Gasteiger partial charge is 0.332 e. The van der Waals surface area contributed by atoms with E-state index in [1.165, 1.54) is 28.3 Å². The van der Waals surface area contributed by atoms with Crippen molar-refractivity contribution in [3.8, 4) is 6.07 Å². The van der Waals surface area contributed by atoms with Gasteiger partial charge in [-0.1, -0.05) is 37.3 Å². The van der Waals surface area contributed by atoms with E-state index in [-0.39, 0.29) is 5.56 Å². The number of benzene rings is 1. The van der Waals surface area contributed by atoms with E-state index >= 15 is 0 Å². The van der Waals surface area contributed by atoms with Crippen molar-refractivity contribution in [1.29, 1.82) is 5.26 Å². The molecule has 1 aromatic carbocycles. The number of rotatable bonds is 3. The van der Waals surface area contributed by atoms with E-state index in [0.29, 0.717) is 18.9 Å². The molecule has 0 saturated heterocycles. The summed E-state index contributed by atoms with van der Waals surface area (Å²) in [5.41, 5.74) is 2.79. The van der Waals surface area contributed by atoms with Crippen molar-refractivity contribution < 1.29 is 0 Å². The number of hydrogen-bond acceptors (Lipinski definition) is 4. The number of aromatic nitrogens is 2. The molecule has 0 fully saturated rings. The molecule has 0 unspecified atom stereocenters. The maximum atomic E-state index is 12.3. The van der Waals surface area contributed by atoms with Gasteiger partial charge in [0.25, 0.3) is 5.56 Å². The number of nitrogens with zero attached hydrogens (tertiary/aromatic N) is 4. The lowest BCUT2D eigenvalue weighted by Gasteiger charge is -2.30. The third kappa shape index (κ3) is 2.97. The standard InChI is InChI=1S/C20H22N4O2/c1-4-14-5-7-15(8-6-14)16-9-11-24(12-10-16)18-17(13-21)19(25)23(3)20(26)22(18)2/h5-9H,4,10-12H2,1-3H3. The molecule has 6 heteroatoms. The summed E-state index contributed by atoms with van der Waals surface area (Å²) in [6, 6.07) is 10.5. The van der Waals surface area contributed by atoms with Crippen molar-refractivity contribution in [3.05, 3.63) is 67.9 Å². The predicted octanol–water partition coefficient (Wildman–Crippen LogP) is 1.81. The largest absolute Gasteiger partial charge is 0.353 e. The Balaban J connectivity index is 1.95. The van der Waals surface area contributed by atoms with E-state index in [9.17, 15) is 14.9 Å². The summed E-state index contributed by atoms with van der Waals surface area (Å²) in [6.07, 6.45) is 3.91. The lowest BCUT2D eigenvalue weighted by atomic mass is 9.98. The normalized spacial score (nSPS) is 14.1. The molecule has 0 saturated carbocycles. The summed E-state index contributed by atoms with van der Waals surface area (Å²) < 4.78 is 2.36. The first-order chi connectivity index (χ1) is 12.5. The first-order valence-corrected chi connectivity index (χ1v) is 8.71. The van der Waals surface area contributed by atoms with Gasteiger partial charge in [0.1, 0.15) is 11.9 Å². The molecule has 0 bridgehead atoms. The highest BCUT2D eigenvalue weighted by Gasteiger charge is 2.22. The SMILES string of the molecule is CCc1ccc(C2=CCN(c3c(C#N)c(=O)n(C)c(=O)n3C)CC2)cc1. The maximum absolute atomic E-state index is 12.3. The molecule has 0 radical (unpaired) electrons. The Morgan fingerprint density at radius 1 is 1.12 bits per heavy atom. The fourth-order valence-corrected chi connectivity index (χ4v) is 3.38. The van der Waals surface area contributed by atoms with E-state index in [0.717, 1.165) is 17.4 Å².